The molecule has 0 aliphatic carbocycles. The summed E-state index contributed by atoms with van der Waals surface area (Å²) >= 11 is 0. The molecule has 1 unspecified atom stereocenters. The average Bonchev–Trinajstić information content (AvgIpc) is 2.80. The molecule has 3 nitrogen and oxygen atoms in total. The highest BCUT2D eigenvalue weighted by molar-refractivity contribution is 5.90. The number of hydrogen-bond donors (Lipinski definition) is 1. The van der Waals surface area contributed by atoms with Gasteiger partial charge in [0, 0.05) is 24.2 Å². The molecule has 1 atom stereocenters. The Kier molecular flexibility index (Phi) is 3.23. The number of piperidine rings is 1. The Morgan fingerprint density at radius 1 is 1.32 bits per heavy atom. The van der Waals surface area contributed by atoms with Gasteiger partial charge in [0.15, 0.2) is 0 Å². The number of fused-ring (bicyclic) bond motifs is 1. The van der Waals surface area contributed by atoms with Gasteiger partial charge in [-0.3, -0.25) is 0 Å². The van der Waals surface area contributed by atoms with Gasteiger partial charge in [-0.15, -0.1) is 0 Å². The molecule has 1 aromatic heterocycles. The van der Waals surface area contributed by atoms with E-state index < -0.39 is 0 Å². The lowest BCUT2D eigenvalue weighted by atomic mass is 10.0. The van der Waals surface area contributed by atoms with Crippen LogP contribution in [-0.2, 0) is 7.05 Å². The largest absolute Gasteiger partial charge is 0.495 e. The van der Waals surface area contributed by atoms with Crippen LogP contribution in [0, 0.1) is 6.92 Å². The van der Waals surface area contributed by atoms with E-state index >= 15 is 0 Å². The lowest BCUT2D eigenvalue weighted by molar-refractivity contribution is 0.397. The smallest absolute Gasteiger partial charge is 0.143 e. The van der Waals surface area contributed by atoms with E-state index in [2.05, 4.69) is 42.1 Å². The maximum atomic E-state index is 5.52. The van der Waals surface area contributed by atoms with E-state index in [1.807, 2.05) is 0 Å². The van der Waals surface area contributed by atoms with Crippen LogP contribution < -0.4 is 10.1 Å². The van der Waals surface area contributed by atoms with E-state index in [4.69, 9.17) is 4.74 Å². The number of ether oxygens (including phenoxy) is 1. The van der Waals surface area contributed by atoms with Gasteiger partial charge in [0.2, 0.25) is 0 Å². The first-order valence-electron chi connectivity index (χ1n) is 7.08. The van der Waals surface area contributed by atoms with Crippen molar-refractivity contribution >= 4 is 10.9 Å². The molecule has 3 rings (SSSR count). The first-order chi connectivity index (χ1) is 9.22. The number of aromatic nitrogens is 1. The molecule has 102 valence electrons. The van der Waals surface area contributed by atoms with Gasteiger partial charge in [-0.25, -0.2) is 0 Å². The Balaban J connectivity index is 2.16. The monoisotopic (exact) mass is 258 g/mol. The molecule has 1 fully saturated rings. The third kappa shape index (κ3) is 2.02. The van der Waals surface area contributed by atoms with E-state index in [0.29, 0.717) is 6.04 Å². The van der Waals surface area contributed by atoms with Gasteiger partial charge in [0.1, 0.15) is 5.75 Å². The van der Waals surface area contributed by atoms with E-state index in [0.717, 1.165) is 12.3 Å². The molecule has 1 aliphatic heterocycles. The van der Waals surface area contributed by atoms with E-state index in [-0.39, 0.29) is 0 Å². The quantitative estimate of drug-likeness (QED) is 0.894. The number of nitrogens with zero attached hydrogens (tertiary/aromatic N) is 1. The van der Waals surface area contributed by atoms with Crippen molar-refractivity contribution in [3.05, 3.63) is 29.5 Å². The minimum atomic E-state index is 0.482. The van der Waals surface area contributed by atoms with Crippen molar-refractivity contribution in [2.75, 3.05) is 13.7 Å². The summed E-state index contributed by atoms with van der Waals surface area (Å²) in [5.41, 5.74) is 3.90. The fraction of sp³-hybridized carbons (Fsp3) is 0.500. The normalized spacial score (nSPS) is 19.8. The molecule has 1 saturated heterocycles. The lowest BCUT2D eigenvalue weighted by Crippen LogP contribution is -2.28. The molecule has 0 saturated carbocycles. The van der Waals surface area contributed by atoms with Gasteiger partial charge in [0.25, 0.3) is 0 Å². The van der Waals surface area contributed by atoms with Crippen LogP contribution in [0.1, 0.15) is 36.6 Å². The van der Waals surface area contributed by atoms with Crippen LogP contribution in [0.25, 0.3) is 10.9 Å². The van der Waals surface area contributed by atoms with Crippen LogP contribution in [0.2, 0.25) is 0 Å². The third-order valence-electron chi connectivity index (χ3n) is 4.30. The molecule has 2 aromatic rings. The van der Waals surface area contributed by atoms with Crippen molar-refractivity contribution in [2.45, 2.75) is 32.2 Å². The zero-order chi connectivity index (χ0) is 13.4. The maximum Gasteiger partial charge on any atom is 0.143 e. The van der Waals surface area contributed by atoms with Crippen LogP contribution in [0.15, 0.2) is 18.2 Å². The van der Waals surface area contributed by atoms with Gasteiger partial charge in [-0.1, -0.05) is 12.5 Å². The SMILES string of the molecule is COc1ccc(C)c2cc(C3CCCCN3)n(C)c12. The second-order valence-corrected chi connectivity index (χ2v) is 5.48. The molecule has 0 spiro atoms. The molecular weight excluding hydrogens is 236 g/mol. The number of methoxy groups -OCH3 is 1. The molecule has 0 bridgehead atoms. The molecule has 2 heterocycles. The van der Waals surface area contributed by atoms with Gasteiger partial charge >= 0.3 is 0 Å². The Morgan fingerprint density at radius 2 is 2.16 bits per heavy atom. The van der Waals surface area contributed by atoms with Gasteiger partial charge in [-0.2, -0.15) is 0 Å². The first-order valence-corrected chi connectivity index (χ1v) is 7.08. The summed E-state index contributed by atoms with van der Waals surface area (Å²) in [6, 6.07) is 7.01. The van der Waals surface area contributed by atoms with Gasteiger partial charge < -0.3 is 14.6 Å². The summed E-state index contributed by atoms with van der Waals surface area (Å²) in [7, 11) is 3.89. The highest BCUT2D eigenvalue weighted by atomic mass is 16.5. The zero-order valence-electron chi connectivity index (χ0n) is 12.0. The molecule has 1 aromatic carbocycles. The molecule has 1 aliphatic rings. The summed E-state index contributed by atoms with van der Waals surface area (Å²) < 4.78 is 7.82. The predicted octanol–water partition coefficient (Wildman–Crippen LogP) is 3.31. The van der Waals surface area contributed by atoms with Crippen LogP contribution in [0.5, 0.6) is 5.75 Å². The van der Waals surface area contributed by atoms with Crippen molar-refractivity contribution < 1.29 is 4.74 Å². The summed E-state index contributed by atoms with van der Waals surface area (Å²) in [5, 5.41) is 4.94. The maximum absolute atomic E-state index is 5.52. The fourth-order valence-corrected chi connectivity index (χ4v) is 3.19. The molecule has 1 N–H and O–H groups in total. The number of aryl methyl sites for hydroxylation is 2. The van der Waals surface area contributed by atoms with Crippen molar-refractivity contribution in [3.8, 4) is 5.75 Å². The second-order valence-electron chi connectivity index (χ2n) is 5.48. The van der Waals surface area contributed by atoms with Gasteiger partial charge in [0.05, 0.1) is 12.6 Å². The Labute approximate surface area is 114 Å². The second kappa shape index (κ2) is 4.89. The van der Waals surface area contributed by atoms with E-state index in [1.54, 1.807) is 7.11 Å². The molecule has 0 amide bonds. The Morgan fingerprint density at radius 3 is 2.84 bits per heavy atom. The highest BCUT2D eigenvalue weighted by Crippen LogP contribution is 2.34. The Bertz CT molecular complexity index is 594. The summed E-state index contributed by atoms with van der Waals surface area (Å²) in [6.45, 7) is 3.29. The standard InChI is InChI=1S/C16H22N2O/c1-11-7-8-15(19-3)16-12(11)10-14(18(16)2)13-6-4-5-9-17-13/h7-8,10,13,17H,4-6,9H2,1-3H3. The van der Waals surface area contributed by atoms with E-state index in [1.165, 1.54) is 41.4 Å². The topological polar surface area (TPSA) is 26.2 Å². The van der Waals surface area contributed by atoms with Crippen molar-refractivity contribution in [2.24, 2.45) is 7.05 Å². The molecule has 19 heavy (non-hydrogen) atoms. The number of hydrogen-bond acceptors (Lipinski definition) is 2. The van der Waals surface area contributed by atoms with Crippen molar-refractivity contribution in [3.63, 3.8) is 0 Å². The first kappa shape index (κ1) is 12.5. The predicted molar refractivity (Wildman–Crippen MR) is 78.8 cm³/mol. The number of rotatable bonds is 2. The van der Waals surface area contributed by atoms with Crippen molar-refractivity contribution in [1.29, 1.82) is 0 Å². The average molecular weight is 258 g/mol. The zero-order valence-corrected chi connectivity index (χ0v) is 12.0. The number of nitrogens with one attached hydrogen (secondary N) is 1. The van der Waals surface area contributed by atoms with Crippen molar-refractivity contribution in [1.82, 2.24) is 9.88 Å². The van der Waals surface area contributed by atoms with Crippen LogP contribution in [0.3, 0.4) is 0 Å². The van der Waals surface area contributed by atoms with E-state index in [9.17, 15) is 0 Å². The van der Waals surface area contributed by atoms with Crippen LogP contribution in [-0.4, -0.2) is 18.2 Å². The summed E-state index contributed by atoms with van der Waals surface area (Å²) in [5.74, 6) is 0.963. The molecule has 0 radical (unpaired) electrons. The van der Waals surface area contributed by atoms with Gasteiger partial charge in [-0.05, 0) is 44.0 Å². The van der Waals surface area contributed by atoms with Crippen LogP contribution in [0.4, 0.5) is 0 Å². The molecular formula is C16H22N2O. The third-order valence-corrected chi connectivity index (χ3v) is 4.30. The Hall–Kier alpha value is -1.48. The number of benzene rings is 1. The van der Waals surface area contributed by atoms with Crippen LogP contribution >= 0.6 is 0 Å². The highest BCUT2D eigenvalue weighted by Gasteiger charge is 2.20. The minimum absolute atomic E-state index is 0.482. The minimum Gasteiger partial charge on any atom is -0.495 e. The summed E-state index contributed by atoms with van der Waals surface area (Å²) in [6.07, 6.45) is 3.84. The summed E-state index contributed by atoms with van der Waals surface area (Å²) in [4.78, 5) is 0. The lowest BCUT2D eigenvalue weighted by Gasteiger charge is -2.24. The fourth-order valence-electron chi connectivity index (χ4n) is 3.19. The molecule has 3 heteroatoms.